The molecule has 0 amide bonds. The molecule has 6 atom stereocenters. The predicted molar refractivity (Wildman–Crippen MR) is 108 cm³/mol. The van der Waals surface area contributed by atoms with Gasteiger partial charge >= 0.3 is 0 Å². The van der Waals surface area contributed by atoms with Gasteiger partial charge in [0.2, 0.25) is 0 Å². The van der Waals surface area contributed by atoms with E-state index in [4.69, 9.17) is 5.73 Å². The Kier molecular flexibility index (Phi) is 6.95. The van der Waals surface area contributed by atoms with Crippen LogP contribution in [0.4, 0.5) is 0 Å². The van der Waals surface area contributed by atoms with Crippen molar-refractivity contribution in [3.8, 4) is 0 Å². The van der Waals surface area contributed by atoms with Crippen molar-refractivity contribution in [1.29, 1.82) is 0 Å². The average molecular weight is 343 g/mol. The minimum absolute atomic E-state index is 0.458. The lowest BCUT2D eigenvalue weighted by Gasteiger charge is -2.38. The van der Waals surface area contributed by atoms with E-state index >= 15 is 0 Å². The van der Waals surface area contributed by atoms with Crippen LogP contribution in [0.5, 0.6) is 0 Å². The van der Waals surface area contributed by atoms with Gasteiger partial charge in [-0.1, -0.05) is 44.2 Å². The zero-order valence-corrected chi connectivity index (χ0v) is 16.3. The summed E-state index contributed by atoms with van der Waals surface area (Å²) in [6, 6.07) is 12.0. The van der Waals surface area contributed by atoms with E-state index in [9.17, 15) is 0 Å². The smallest absolute Gasteiger partial charge is 0.00930 e. The summed E-state index contributed by atoms with van der Waals surface area (Å²) in [5.41, 5.74) is 7.64. The van der Waals surface area contributed by atoms with Crippen LogP contribution in [-0.2, 0) is 6.42 Å². The van der Waals surface area contributed by atoms with E-state index in [1.165, 1.54) is 50.5 Å². The summed E-state index contributed by atoms with van der Waals surface area (Å²) < 4.78 is 0. The van der Waals surface area contributed by atoms with Crippen LogP contribution in [0.1, 0.15) is 64.4 Å². The van der Waals surface area contributed by atoms with Gasteiger partial charge in [-0.2, -0.15) is 0 Å². The molecule has 2 aliphatic carbocycles. The monoisotopic (exact) mass is 342 g/mol. The van der Waals surface area contributed by atoms with Gasteiger partial charge in [0.05, 0.1) is 0 Å². The Bertz CT molecular complexity index is 500. The van der Waals surface area contributed by atoms with Crippen molar-refractivity contribution in [1.82, 2.24) is 5.32 Å². The molecular formula is C23H38N2. The van der Waals surface area contributed by atoms with Crippen LogP contribution in [-0.4, -0.2) is 18.6 Å². The maximum atomic E-state index is 6.19. The van der Waals surface area contributed by atoms with Crippen LogP contribution >= 0.6 is 0 Å². The van der Waals surface area contributed by atoms with Gasteiger partial charge in [0.1, 0.15) is 0 Å². The van der Waals surface area contributed by atoms with Crippen LogP contribution in [0.3, 0.4) is 0 Å². The van der Waals surface area contributed by atoms with Gasteiger partial charge < -0.3 is 11.1 Å². The maximum Gasteiger partial charge on any atom is 0.00930 e. The van der Waals surface area contributed by atoms with E-state index in [-0.39, 0.29) is 0 Å². The summed E-state index contributed by atoms with van der Waals surface area (Å²) in [4.78, 5) is 0. The Morgan fingerprint density at radius 3 is 2.28 bits per heavy atom. The molecule has 25 heavy (non-hydrogen) atoms. The van der Waals surface area contributed by atoms with Crippen molar-refractivity contribution in [2.24, 2.45) is 29.4 Å². The molecule has 3 N–H and O–H groups in total. The molecule has 0 spiro atoms. The quantitative estimate of drug-likeness (QED) is 0.781. The second-order valence-corrected chi connectivity index (χ2v) is 9.01. The molecule has 0 aromatic heterocycles. The molecule has 2 saturated carbocycles. The highest BCUT2D eigenvalue weighted by atomic mass is 14.9. The van der Waals surface area contributed by atoms with Crippen LogP contribution in [0, 0.1) is 23.7 Å². The summed E-state index contributed by atoms with van der Waals surface area (Å²) in [6.07, 6.45) is 10.8. The van der Waals surface area contributed by atoms with Crippen LogP contribution in [0.15, 0.2) is 30.3 Å². The van der Waals surface area contributed by atoms with Gasteiger partial charge in [-0.25, -0.2) is 0 Å². The fourth-order valence-electron chi connectivity index (χ4n) is 5.29. The molecule has 3 rings (SSSR count). The molecule has 1 aromatic rings. The first-order valence-electron chi connectivity index (χ1n) is 10.6. The highest BCUT2D eigenvalue weighted by Crippen LogP contribution is 2.38. The van der Waals surface area contributed by atoms with Crippen molar-refractivity contribution >= 4 is 0 Å². The Labute approximate surface area is 155 Å². The van der Waals surface area contributed by atoms with Crippen molar-refractivity contribution in [2.45, 2.75) is 77.3 Å². The molecule has 0 heterocycles. The number of hydrogen-bond acceptors (Lipinski definition) is 2. The Hall–Kier alpha value is -0.860. The second kappa shape index (κ2) is 9.19. The Morgan fingerprint density at radius 2 is 1.60 bits per heavy atom. The van der Waals surface area contributed by atoms with Gasteiger partial charge in [0.15, 0.2) is 0 Å². The molecule has 2 fully saturated rings. The zero-order valence-electron chi connectivity index (χ0n) is 16.3. The second-order valence-electron chi connectivity index (χ2n) is 9.01. The minimum atomic E-state index is 0.458. The van der Waals surface area contributed by atoms with E-state index in [1.54, 1.807) is 0 Å². The van der Waals surface area contributed by atoms with Gasteiger partial charge in [-0.15, -0.1) is 0 Å². The third-order valence-electron chi connectivity index (χ3n) is 6.95. The number of nitrogens with two attached hydrogens (primary N) is 1. The van der Waals surface area contributed by atoms with Crippen LogP contribution < -0.4 is 11.1 Å². The molecule has 0 bridgehead atoms. The first-order chi connectivity index (χ1) is 12.1. The van der Waals surface area contributed by atoms with Crippen LogP contribution in [0.25, 0.3) is 0 Å². The lowest BCUT2D eigenvalue weighted by Crippen LogP contribution is -2.41. The molecule has 0 aliphatic heterocycles. The van der Waals surface area contributed by atoms with Crippen molar-refractivity contribution in [2.75, 3.05) is 6.54 Å². The van der Waals surface area contributed by atoms with Gasteiger partial charge in [-0.05, 0) is 87.1 Å². The first-order valence-corrected chi connectivity index (χ1v) is 10.6. The number of rotatable bonds is 6. The third kappa shape index (κ3) is 5.56. The van der Waals surface area contributed by atoms with E-state index in [1.807, 2.05) is 0 Å². The SMILES string of the molecule is CC1CC(CC2CCC(NCCc3ccccc3)C(C)C2)CCC1N. The lowest BCUT2D eigenvalue weighted by molar-refractivity contribution is 0.158. The third-order valence-corrected chi connectivity index (χ3v) is 6.95. The molecule has 6 unspecified atom stereocenters. The average Bonchev–Trinajstić information content (AvgIpc) is 2.61. The minimum Gasteiger partial charge on any atom is -0.327 e. The highest BCUT2D eigenvalue weighted by molar-refractivity contribution is 5.14. The van der Waals surface area contributed by atoms with Gasteiger partial charge in [0, 0.05) is 12.1 Å². The topological polar surface area (TPSA) is 38.0 Å². The number of nitrogens with one attached hydrogen (secondary N) is 1. The van der Waals surface area contributed by atoms with E-state index in [2.05, 4.69) is 49.5 Å². The van der Waals surface area contributed by atoms with Crippen LogP contribution in [0.2, 0.25) is 0 Å². The maximum absolute atomic E-state index is 6.19. The molecule has 0 saturated heterocycles. The van der Waals surface area contributed by atoms with Gasteiger partial charge in [0.25, 0.3) is 0 Å². The van der Waals surface area contributed by atoms with E-state index in [0.29, 0.717) is 6.04 Å². The summed E-state index contributed by atoms with van der Waals surface area (Å²) in [7, 11) is 0. The predicted octanol–water partition coefficient (Wildman–Crippen LogP) is 4.78. The molecule has 2 nitrogen and oxygen atoms in total. The van der Waals surface area contributed by atoms with Crippen molar-refractivity contribution < 1.29 is 0 Å². The fourth-order valence-corrected chi connectivity index (χ4v) is 5.29. The lowest BCUT2D eigenvalue weighted by atomic mass is 9.71. The van der Waals surface area contributed by atoms with Crippen molar-refractivity contribution in [3.05, 3.63) is 35.9 Å². The largest absolute Gasteiger partial charge is 0.327 e. The molecular weight excluding hydrogens is 304 g/mol. The van der Waals surface area contributed by atoms with Crippen molar-refractivity contribution in [3.63, 3.8) is 0 Å². The molecule has 2 aliphatic rings. The summed E-state index contributed by atoms with van der Waals surface area (Å²) in [5, 5.41) is 3.84. The molecule has 0 radical (unpaired) electrons. The fraction of sp³-hybridized carbons (Fsp3) is 0.739. The molecule has 1 aromatic carbocycles. The first kappa shape index (κ1) is 18.9. The normalized spacial score (nSPS) is 36.3. The molecule has 2 heteroatoms. The highest BCUT2D eigenvalue weighted by Gasteiger charge is 2.31. The summed E-state index contributed by atoms with van der Waals surface area (Å²) in [5.74, 6) is 3.44. The Balaban J connectivity index is 1.37. The van der Waals surface area contributed by atoms with E-state index < -0.39 is 0 Å². The number of benzene rings is 1. The number of hydrogen-bond donors (Lipinski definition) is 2. The molecule has 140 valence electrons. The van der Waals surface area contributed by atoms with Gasteiger partial charge in [-0.3, -0.25) is 0 Å². The zero-order chi connectivity index (χ0) is 17.6. The summed E-state index contributed by atoms with van der Waals surface area (Å²) >= 11 is 0. The van der Waals surface area contributed by atoms with E-state index in [0.717, 1.165) is 42.7 Å². The standard InChI is InChI=1S/C23H38N2/c1-17-14-20(8-10-22(17)24)16-21-9-11-23(18(2)15-21)25-13-12-19-6-4-3-5-7-19/h3-7,17-18,20-23,25H,8-16,24H2,1-2H3. The Morgan fingerprint density at radius 1 is 0.920 bits per heavy atom. The summed E-state index contributed by atoms with van der Waals surface area (Å²) in [6.45, 7) is 5.93.